The van der Waals surface area contributed by atoms with Crippen molar-refractivity contribution < 1.29 is 9.53 Å². The number of hydrogen-bond donors (Lipinski definition) is 1. The van der Waals surface area contributed by atoms with E-state index in [4.69, 9.17) is 4.74 Å². The lowest BCUT2D eigenvalue weighted by molar-refractivity contribution is 0.0524. The van der Waals surface area contributed by atoms with Gasteiger partial charge in [0.1, 0.15) is 6.10 Å². The highest BCUT2D eigenvalue weighted by Crippen LogP contribution is 2.26. The number of nitrogens with one attached hydrogen (secondary N) is 1. The zero-order chi connectivity index (χ0) is 12.1. The SMILES string of the molecule is CC1CCCCC1OC(=O)Nc1ccccc1. The van der Waals surface area contributed by atoms with Crippen LogP contribution in [0.25, 0.3) is 0 Å². The summed E-state index contributed by atoms with van der Waals surface area (Å²) in [6.07, 6.45) is 4.30. The van der Waals surface area contributed by atoms with Crippen LogP contribution in [0.5, 0.6) is 0 Å². The fraction of sp³-hybridized carbons (Fsp3) is 0.500. The Balaban J connectivity index is 1.84. The molecule has 0 heterocycles. The largest absolute Gasteiger partial charge is 0.446 e. The predicted octanol–water partition coefficient (Wildman–Crippen LogP) is 3.81. The number of benzene rings is 1. The Hall–Kier alpha value is -1.51. The van der Waals surface area contributed by atoms with Crippen molar-refractivity contribution in [3.63, 3.8) is 0 Å². The van der Waals surface area contributed by atoms with E-state index < -0.39 is 0 Å². The van der Waals surface area contributed by atoms with Gasteiger partial charge in [-0.2, -0.15) is 0 Å². The third-order valence-electron chi connectivity index (χ3n) is 3.31. The standard InChI is InChI=1S/C14H19NO2/c1-11-7-5-6-10-13(11)17-14(16)15-12-8-3-2-4-9-12/h2-4,8-9,11,13H,5-7,10H2,1H3,(H,15,16). The highest BCUT2D eigenvalue weighted by atomic mass is 16.6. The number of carbonyl (C=O) groups excluding carboxylic acids is 1. The van der Waals surface area contributed by atoms with E-state index in [2.05, 4.69) is 12.2 Å². The molecule has 1 saturated carbocycles. The third kappa shape index (κ3) is 3.48. The van der Waals surface area contributed by atoms with Crippen molar-refractivity contribution in [2.75, 3.05) is 5.32 Å². The molecule has 1 aromatic carbocycles. The minimum Gasteiger partial charge on any atom is -0.446 e. The van der Waals surface area contributed by atoms with Gasteiger partial charge in [-0.3, -0.25) is 5.32 Å². The summed E-state index contributed by atoms with van der Waals surface area (Å²) in [5.41, 5.74) is 0.779. The van der Waals surface area contributed by atoms with Crippen molar-refractivity contribution in [2.45, 2.75) is 38.7 Å². The third-order valence-corrected chi connectivity index (χ3v) is 3.31. The second kappa shape index (κ2) is 5.71. The maximum Gasteiger partial charge on any atom is 0.411 e. The Bertz CT molecular complexity index is 364. The van der Waals surface area contributed by atoms with E-state index in [1.54, 1.807) is 0 Å². The van der Waals surface area contributed by atoms with E-state index >= 15 is 0 Å². The molecule has 0 aromatic heterocycles. The van der Waals surface area contributed by atoms with Crippen LogP contribution in [0.1, 0.15) is 32.6 Å². The van der Waals surface area contributed by atoms with E-state index in [1.807, 2.05) is 30.3 Å². The van der Waals surface area contributed by atoms with Crippen molar-refractivity contribution in [2.24, 2.45) is 5.92 Å². The molecular weight excluding hydrogens is 214 g/mol. The minimum atomic E-state index is -0.338. The number of rotatable bonds is 2. The van der Waals surface area contributed by atoms with Crippen molar-refractivity contribution in [1.29, 1.82) is 0 Å². The Morgan fingerprint density at radius 3 is 2.65 bits per heavy atom. The van der Waals surface area contributed by atoms with Crippen molar-refractivity contribution in [3.8, 4) is 0 Å². The van der Waals surface area contributed by atoms with Gasteiger partial charge in [-0.05, 0) is 37.3 Å². The summed E-state index contributed by atoms with van der Waals surface area (Å²) < 4.78 is 5.46. The number of carbonyl (C=O) groups is 1. The highest BCUT2D eigenvalue weighted by molar-refractivity contribution is 5.84. The molecular formula is C14H19NO2. The molecule has 92 valence electrons. The number of para-hydroxylation sites is 1. The van der Waals surface area contributed by atoms with Gasteiger partial charge in [-0.25, -0.2) is 4.79 Å². The molecule has 2 atom stereocenters. The summed E-state index contributed by atoms with van der Waals surface area (Å²) in [4.78, 5) is 11.7. The normalized spacial score (nSPS) is 24.1. The molecule has 1 aliphatic rings. The molecule has 0 saturated heterocycles. The van der Waals surface area contributed by atoms with Gasteiger partial charge in [0.05, 0.1) is 0 Å². The first-order valence-electron chi connectivity index (χ1n) is 6.28. The van der Waals surface area contributed by atoms with Crippen LogP contribution in [0, 0.1) is 5.92 Å². The fourth-order valence-electron chi connectivity index (χ4n) is 2.26. The van der Waals surface area contributed by atoms with E-state index in [0.29, 0.717) is 5.92 Å². The minimum absolute atomic E-state index is 0.0764. The lowest BCUT2D eigenvalue weighted by atomic mass is 9.88. The van der Waals surface area contributed by atoms with Crippen LogP contribution in [-0.2, 0) is 4.74 Å². The van der Waals surface area contributed by atoms with Crippen LogP contribution >= 0.6 is 0 Å². The van der Waals surface area contributed by atoms with Crippen molar-refractivity contribution in [1.82, 2.24) is 0 Å². The van der Waals surface area contributed by atoms with Gasteiger partial charge >= 0.3 is 6.09 Å². The number of anilines is 1. The lowest BCUT2D eigenvalue weighted by Gasteiger charge is -2.28. The molecule has 0 spiro atoms. The lowest BCUT2D eigenvalue weighted by Crippen LogP contribution is -2.30. The molecule has 2 unspecified atom stereocenters. The van der Waals surface area contributed by atoms with E-state index in [0.717, 1.165) is 24.9 Å². The van der Waals surface area contributed by atoms with E-state index in [-0.39, 0.29) is 12.2 Å². The Morgan fingerprint density at radius 2 is 1.94 bits per heavy atom. The average molecular weight is 233 g/mol. The molecule has 1 fully saturated rings. The monoisotopic (exact) mass is 233 g/mol. The molecule has 2 rings (SSSR count). The molecule has 1 aromatic rings. The average Bonchev–Trinajstić information content (AvgIpc) is 2.33. The molecule has 0 aliphatic heterocycles. The topological polar surface area (TPSA) is 38.3 Å². The highest BCUT2D eigenvalue weighted by Gasteiger charge is 2.24. The molecule has 1 amide bonds. The summed E-state index contributed by atoms with van der Waals surface area (Å²) in [7, 11) is 0. The second-order valence-corrected chi connectivity index (χ2v) is 4.70. The van der Waals surface area contributed by atoms with Gasteiger partial charge in [0, 0.05) is 5.69 Å². The molecule has 3 heteroatoms. The Morgan fingerprint density at radius 1 is 1.24 bits per heavy atom. The first-order chi connectivity index (χ1) is 8.25. The van der Waals surface area contributed by atoms with Gasteiger partial charge in [0.15, 0.2) is 0 Å². The van der Waals surface area contributed by atoms with Crippen LogP contribution in [0.15, 0.2) is 30.3 Å². The summed E-state index contributed by atoms with van der Waals surface area (Å²) in [6, 6.07) is 9.40. The smallest absolute Gasteiger partial charge is 0.411 e. The van der Waals surface area contributed by atoms with E-state index in [9.17, 15) is 4.79 Å². The van der Waals surface area contributed by atoms with Crippen molar-refractivity contribution >= 4 is 11.8 Å². The van der Waals surface area contributed by atoms with Gasteiger partial charge in [0.25, 0.3) is 0 Å². The van der Waals surface area contributed by atoms with Gasteiger partial charge in [-0.1, -0.05) is 31.5 Å². The zero-order valence-corrected chi connectivity index (χ0v) is 10.2. The van der Waals surface area contributed by atoms with Gasteiger partial charge in [0.2, 0.25) is 0 Å². The first-order valence-corrected chi connectivity index (χ1v) is 6.28. The second-order valence-electron chi connectivity index (χ2n) is 4.70. The molecule has 17 heavy (non-hydrogen) atoms. The van der Waals surface area contributed by atoms with Crippen LogP contribution in [0.4, 0.5) is 10.5 Å². The number of hydrogen-bond acceptors (Lipinski definition) is 2. The summed E-state index contributed by atoms with van der Waals surface area (Å²) >= 11 is 0. The summed E-state index contributed by atoms with van der Waals surface area (Å²) in [6.45, 7) is 2.15. The predicted molar refractivity (Wildman–Crippen MR) is 68.0 cm³/mol. The Labute approximate surface area is 102 Å². The first kappa shape index (κ1) is 12.0. The molecule has 0 radical (unpaired) electrons. The molecule has 1 N–H and O–H groups in total. The fourth-order valence-corrected chi connectivity index (χ4v) is 2.26. The maximum atomic E-state index is 11.7. The zero-order valence-electron chi connectivity index (χ0n) is 10.2. The van der Waals surface area contributed by atoms with Crippen molar-refractivity contribution in [3.05, 3.63) is 30.3 Å². The van der Waals surface area contributed by atoms with E-state index in [1.165, 1.54) is 6.42 Å². The Kier molecular flexibility index (Phi) is 4.02. The quantitative estimate of drug-likeness (QED) is 0.843. The molecule has 1 aliphatic carbocycles. The molecule has 0 bridgehead atoms. The number of amides is 1. The van der Waals surface area contributed by atoms with Gasteiger partial charge < -0.3 is 4.74 Å². The maximum absolute atomic E-state index is 11.7. The molecule has 3 nitrogen and oxygen atoms in total. The van der Waals surface area contributed by atoms with Gasteiger partial charge in [-0.15, -0.1) is 0 Å². The summed E-state index contributed by atoms with van der Waals surface area (Å²) in [5.74, 6) is 0.477. The van der Waals surface area contributed by atoms with Crippen LogP contribution < -0.4 is 5.32 Å². The van der Waals surface area contributed by atoms with Crippen LogP contribution in [-0.4, -0.2) is 12.2 Å². The van der Waals surface area contributed by atoms with Crippen LogP contribution in [0.2, 0.25) is 0 Å². The number of ether oxygens (including phenoxy) is 1. The van der Waals surface area contributed by atoms with Crippen LogP contribution in [0.3, 0.4) is 0 Å². The summed E-state index contributed by atoms with van der Waals surface area (Å²) in [5, 5.41) is 2.75.